The van der Waals surface area contributed by atoms with Crippen molar-refractivity contribution in [2.45, 2.75) is 37.8 Å². The van der Waals surface area contributed by atoms with Gasteiger partial charge in [0.05, 0.1) is 19.1 Å². The van der Waals surface area contributed by atoms with E-state index in [9.17, 15) is 14.4 Å². The van der Waals surface area contributed by atoms with Gasteiger partial charge in [-0.1, -0.05) is 12.8 Å². The third-order valence-electron chi connectivity index (χ3n) is 5.75. The van der Waals surface area contributed by atoms with Crippen LogP contribution in [-0.2, 0) is 4.79 Å². The van der Waals surface area contributed by atoms with E-state index in [0.717, 1.165) is 37.2 Å². The van der Waals surface area contributed by atoms with Gasteiger partial charge in [-0.15, -0.1) is 0 Å². The summed E-state index contributed by atoms with van der Waals surface area (Å²) >= 11 is 0.748. The van der Waals surface area contributed by atoms with E-state index in [1.165, 1.54) is 18.3 Å². The number of anilines is 2. The summed E-state index contributed by atoms with van der Waals surface area (Å²) in [5, 5.41) is 3.05. The maximum atomic E-state index is 13.8. The summed E-state index contributed by atoms with van der Waals surface area (Å²) in [6, 6.07) is 8.83. The fraction of sp³-hybridized carbons (Fsp3) is 0.304. The molecular weight excluding hydrogens is 458 g/mol. The van der Waals surface area contributed by atoms with Gasteiger partial charge in [-0.2, -0.15) is 4.37 Å². The van der Waals surface area contributed by atoms with Gasteiger partial charge in [0.25, 0.3) is 17.7 Å². The lowest BCUT2D eigenvalue weighted by Crippen LogP contribution is -2.46. The Morgan fingerprint density at radius 1 is 1.21 bits per heavy atom. The smallest absolute Gasteiger partial charge is 0.273 e. The van der Waals surface area contributed by atoms with Crippen LogP contribution in [0.4, 0.5) is 11.4 Å². The molecular formula is C23H25N5O5S. The molecule has 5 N–H and O–H groups in total. The van der Waals surface area contributed by atoms with E-state index in [1.54, 1.807) is 36.4 Å². The maximum Gasteiger partial charge on any atom is 0.273 e. The molecule has 3 amide bonds. The average Bonchev–Trinajstić information content (AvgIpc) is 3.59. The first-order chi connectivity index (χ1) is 16.4. The van der Waals surface area contributed by atoms with Crippen LogP contribution in [0.15, 0.2) is 47.1 Å². The van der Waals surface area contributed by atoms with Crippen LogP contribution in [-0.4, -0.2) is 35.2 Å². The van der Waals surface area contributed by atoms with Crippen LogP contribution in [0.2, 0.25) is 0 Å². The van der Waals surface area contributed by atoms with Gasteiger partial charge in [-0.05, 0) is 60.8 Å². The summed E-state index contributed by atoms with van der Waals surface area (Å²) in [4.78, 5) is 40.4. The van der Waals surface area contributed by atoms with Gasteiger partial charge in [-0.25, -0.2) is 0 Å². The number of carbonyl (C=O) groups excluding carboxylic acids is 3. The second-order valence-electron chi connectivity index (χ2n) is 7.92. The Morgan fingerprint density at radius 2 is 1.91 bits per heavy atom. The topological polar surface area (TPSA) is 154 Å². The summed E-state index contributed by atoms with van der Waals surface area (Å²) in [6.45, 7) is 0. The van der Waals surface area contributed by atoms with E-state index in [1.807, 2.05) is 0 Å². The number of hydrogen-bond donors (Lipinski definition) is 3. The lowest BCUT2D eigenvalue weighted by Gasteiger charge is -2.30. The van der Waals surface area contributed by atoms with Gasteiger partial charge in [0.2, 0.25) is 0 Å². The van der Waals surface area contributed by atoms with E-state index in [4.69, 9.17) is 20.6 Å². The Balaban J connectivity index is 1.80. The molecule has 2 heterocycles. The quantitative estimate of drug-likeness (QED) is 0.445. The van der Waals surface area contributed by atoms with Gasteiger partial charge in [0, 0.05) is 11.7 Å². The zero-order valence-corrected chi connectivity index (χ0v) is 19.3. The highest BCUT2D eigenvalue weighted by Gasteiger charge is 2.38. The lowest BCUT2D eigenvalue weighted by atomic mass is 10.1. The van der Waals surface area contributed by atoms with E-state index in [2.05, 4.69) is 9.69 Å². The Labute approximate surface area is 200 Å². The highest BCUT2D eigenvalue weighted by atomic mass is 32.1. The number of nitrogen functional groups attached to an aromatic ring is 1. The van der Waals surface area contributed by atoms with Gasteiger partial charge in [-0.3, -0.25) is 19.3 Å². The molecule has 2 aromatic heterocycles. The fourth-order valence-corrected chi connectivity index (χ4v) is 4.78. The zero-order chi connectivity index (χ0) is 24.2. The Bertz CT molecular complexity index is 1170. The molecule has 0 bridgehead atoms. The van der Waals surface area contributed by atoms with Crippen molar-refractivity contribution in [3.05, 3.63) is 59.0 Å². The highest BCUT2D eigenvalue weighted by Crippen LogP contribution is 2.34. The second kappa shape index (κ2) is 9.96. The fourth-order valence-electron chi connectivity index (χ4n) is 4.04. The number of methoxy groups -OCH3 is 1. The molecule has 1 fully saturated rings. The van der Waals surface area contributed by atoms with E-state index < -0.39 is 17.9 Å². The van der Waals surface area contributed by atoms with Crippen molar-refractivity contribution in [2.24, 2.45) is 5.73 Å². The number of ether oxygens (including phenoxy) is 1. The molecule has 10 nitrogen and oxygen atoms in total. The molecule has 3 aromatic rings. The van der Waals surface area contributed by atoms with Crippen molar-refractivity contribution in [1.82, 2.24) is 9.69 Å². The Kier molecular flexibility index (Phi) is 6.82. The summed E-state index contributed by atoms with van der Waals surface area (Å²) < 4.78 is 14.8. The van der Waals surface area contributed by atoms with Crippen LogP contribution in [0.1, 0.15) is 57.6 Å². The van der Waals surface area contributed by atoms with Crippen molar-refractivity contribution in [2.75, 3.05) is 17.7 Å². The molecule has 1 atom stereocenters. The first-order valence-corrected chi connectivity index (χ1v) is 11.5. The molecule has 1 aliphatic rings. The molecule has 0 spiro atoms. The third-order valence-corrected chi connectivity index (χ3v) is 6.60. The molecule has 0 radical (unpaired) electrons. The standard InChI is InChI=1S/C23H25N5O5S/c1-32-15-10-8-14(9-11-15)28(23(31)20-17(24)18(21(25)29)27-34-20)19(16-7-4-12-33-16)22(30)26-13-5-2-3-6-13/h4,7-13,19H,2-3,5-6,24H2,1H3,(H2,25,29)(H,26,30)/t19-/m0/s1. The second-order valence-corrected chi connectivity index (χ2v) is 8.69. The van der Waals surface area contributed by atoms with Crippen molar-refractivity contribution in [1.29, 1.82) is 0 Å². The van der Waals surface area contributed by atoms with Crippen LogP contribution < -0.4 is 26.4 Å². The van der Waals surface area contributed by atoms with E-state index in [-0.39, 0.29) is 34.0 Å². The molecule has 34 heavy (non-hydrogen) atoms. The number of benzene rings is 1. The SMILES string of the molecule is COc1ccc(N(C(=O)c2snc(C(N)=O)c2N)[C@H](C(=O)NC2CCCC2)c2ccco2)cc1. The number of nitrogens with zero attached hydrogens (tertiary/aromatic N) is 2. The van der Waals surface area contributed by atoms with Crippen molar-refractivity contribution in [3.63, 3.8) is 0 Å². The number of nitrogens with two attached hydrogens (primary N) is 2. The predicted octanol–water partition coefficient (Wildman–Crippen LogP) is 2.87. The van der Waals surface area contributed by atoms with Gasteiger partial charge in [0.15, 0.2) is 11.7 Å². The van der Waals surface area contributed by atoms with Gasteiger partial charge >= 0.3 is 0 Å². The number of nitrogens with one attached hydrogen (secondary N) is 1. The molecule has 11 heteroatoms. The molecule has 0 unspecified atom stereocenters. The van der Waals surface area contributed by atoms with Crippen LogP contribution >= 0.6 is 11.5 Å². The molecule has 4 rings (SSSR count). The summed E-state index contributed by atoms with van der Waals surface area (Å²) in [7, 11) is 1.53. The number of rotatable bonds is 8. The van der Waals surface area contributed by atoms with Crippen molar-refractivity contribution < 1.29 is 23.5 Å². The van der Waals surface area contributed by atoms with Crippen molar-refractivity contribution in [3.8, 4) is 5.75 Å². The Hall–Kier alpha value is -3.86. The summed E-state index contributed by atoms with van der Waals surface area (Å²) in [5.41, 5.74) is 11.5. The van der Waals surface area contributed by atoms with Crippen LogP contribution in [0.25, 0.3) is 0 Å². The number of furan rings is 1. The highest BCUT2D eigenvalue weighted by molar-refractivity contribution is 7.09. The lowest BCUT2D eigenvalue weighted by molar-refractivity contribution is -0.123. The number of hydrogen-bond acceptors (Lipinski definition) is 8. The van der Waals surface area contributed by atoms with Crippen LogP contribution in [0.5, 0.6) is 5.75 Å². The van der Waals surface area contributed by atoms with Crippen LogP contribution in [0.3, 0.4) is 0 Å². The van der Waals surface area contributed by atoms with Crippen molar-refractivity contribution >= 4 is 40.6 Å². The minimum absolute atomic E-state index is 0.00478. The molecule has 1 aliphatic carbocycles. The molecule has 178 valence electrons. The first kappa shape index (κ1) is 23.3. The van der Waals surface area contributed by atoms with Gasteiger partial charge in [0.1, 0.15) is 16.4 Å². The Morgan fingerprint density at radius 3 is 2.47 bits per heavy atom. The number of amides is 3. The van der Waals surface area contributed by atoms with Gasteiger partial charge < -0.3 is 25.9 Å². The predicted molar refractivity (Wildman–Crippen MR) is 127 cm³/mol. The monoisotopic (exact) mass is 483 g/mol. The molecule has 1 saturated carbocycles. The average molecular weight is 484 g/mol. The number of carbonyl (C=O) groups is 3. The number of primary amides is 1. The molecule has 0 aliphatic heterocycles. The third kappa shape index (κ3) is 4.60. The van der Waals surface area contributed by atoms with E-state index >= 15 is 0 Å². The van der Waals surface area contributed by atoms with Crippen LogP contribution in [0, 0.1) is 0 Å². The maximum absolute atomic E-state index is 13.8. The summed E-state index contributed by atoms with van der Waals surface area (Å²) in [5.74, 6) is -0.988. The minimum Gasteiger partial charge on any atom is -0.497 e. The molecule has 0 saturated heterocycles. The first-order valence-electron chi connectivity index (χ1n) is 10.8. The molecule has 1 aromatic carbocycles. The minimum atomic E-state index is -1.13. The largest absolute Gasteiger partial charge is 0.497 e. The summed E-state index contributed by atoms with van der Waals surface area (Å²) in [6.07, 6.45) is 5.25. The normalized spacial score (nSPS) is 14.5. The zero-order valence-electron chi connectivity index (χ0n) is 18.5. The van der Waals surface area contributed by atoms with E-state index in [0.29, 0.717) is 11.4 Å². The number of aromatic nitrogens is 1.